The predicted octanol–water partition coefficient (Wildman–Crippen LogP) is 4.13. The summed E-state index contributed by atoms with van der Waals surface area (Å²) >= 11 is 1.43. The van der Waals surface area contributed by atoms with E-state index in [0.717, 1.165) is 36.5 Å². The molecule has 1 heterocycles. The summed E-state index contributed by atoms with van der Waals surface area (Å²) in [6.45, 7) is 8.29. The molecule has 0 radical (unpaired) electrons. The van der Waals surface area contributed by atoms with E-state index in [1.54, 1.807) is 0 Å². The van der Waals surface area contributed by atoms with Crippen molar-refractivity contribution in [1.29, 1.82) is 0 Å². The van der Waals surface area contributed by atoms with E-state index < -0.39 is 0 Å². The van der Waals surface area contributed by atoms with Crippen LogP contribution in [0, 0.1) is 0 Å². The number of nitrogens with zero attached hydrogens (tertiary/aromatic N) is 1. The number of carbonyl (C=O) groups is 2. The van der Waals surface area contributed by atoms with Crippen LogP contribution in [0.25, 0.3) is 5.57 Å². The first-order chi connectivity index (χ1) is 13.1. The van der Waals surface area contributed by atoms with E-state index in [9.17, 15) is 9.59 Å². The van der Waals surface area contributed by atoms with Crippen LogP contribution in [0.2, 0.25) is 0 Å². The largest absolute Gasteiger partial charge is 0.494 e. The van der Waals surface area contributed by atoms with E-state index in [-0.39, 0.29) is 11.8 Å². The summed E-state index contributed by atoms with van der Waals surface area (Å²) in [7, 11) is 0. The molecule has 148 valence electrons. The number of unbranched alkanes of at least 4 members (excludes halogenated alkanes) is 1. The maximum absolute atomic E-state index is 12.9. The molecule has 0 atom stereocenters. The van der Waals surface area contributed by atoms with Gasteiger partial charge in [-0.2, -0.15) is 0 Å². The number of benzene rings is 1. The molecule has 1 aliphatic rings. The smallest absolute Gasteiger partial charge is 0.267 e. The van der Waals surface area contributed by atoms with Gasteiger partial charge in [0.25, 0.3) is 11.8 Å². The minimum atomic E-state index is -0.214. The van der Waals surface area contributed by atoms with Crippen molar-refractivity contribution < 1.29 is 19.1 Å². The molecule has 0 aliphatic carbocycles. The second-order valence-corrected chi connectivity index (χ2v) is 7.45. The number of ether oxygens (including phenoxy) is 2. The molecule has 0 fully saturated rings. The van der Waals surface area contributed by atoms with Crippen molar-refractivity contribution in [2.75, 3.05) is 32.1 Å². The molecule has 0 saturated heterocycles. The minimum Gasteiger partial charge on any atom is -0.494 e. The van der Waals surface area contributed by atoms with Crippen LogP contribution < -0.4 is 4.74 Å². The Bertz CT molecular complexity index is 669. The molecule has 0 saturated carbocycles. The normalized spacial score (nSPS) is 14.4. The molecule has 1 aromatic rings. The van der Waals surface area contributed by atoms with Gasteiger partial charge in [0.15, 0.2) is 0 Å². The van der Waals surface area contributed by atoms with Crippen molar-refractivity contribution in [2.24, 2.45) is 0 Å². The molecule has 2 amide bonds. The van der Waals surface area contributed by atoms with Crippen molar-refractivity contribution >= 4 is 29.1 Å². The highest BCUT2D eigenvalue weighted by atomic mass is 32.2. The molecule has 5 nitrogen and oxygen atoms in total. The van der Waals surface area contributed by atoms with E-state index in [4.69, 9.17) is 9.47 Å². The monoisotopic (exact) mass is 391 g/mol. The van der Waals surface area contributed by atoms with Crippen molar-refractivity contribution in [1.82, 2.24) is 4.90 Å². The number of amides is 2. The standard InChI is InChI=1S/C21H29NO4S/c1-4-7-14-25-15-8-13-22-20(23)18(19(21(22)24)27-6-3)16-9-11-17(12-10-16)26-5-2/h9-12H,4-8,13-15H2,1-3H3. The molecule has 0 aromatic heterocycles. The fourth-order valence-electron chi connectivity index (χ4n) is 2.85. The Morgan fingerprint density at radius 3 is 2.30 bits per heavy atom. The Kier molecular flexibility index (Phi) is 8.88. The first-order valence-corrected chi connectivity index (χ1v) is 10.7. The van der Waals surface area contributed by atoms with Gasteiger partial charge in [0.2, 0.25) is 0 Å². The topological polar surface area (TPSA) is 55.8 Å². The Morgan fingerprint density at radius 1 is 0.963 bits per heavy atom. The van der Waals surface area contributed by atoms with Gasteiger partial charge in [-0.25, -0.2) is 0 Å². The van der Waals surface area contributed by atoms with Crippen molar-refractivity contribution in [3.8, 4) is 5.75 Å². The van der Waals surface area contributed by atoms with Gasteiger partial charge in [0.1, 0.15) is 5.75 Å². The van der Waals surface area contributed by atoms with E-state index in [0.29, 0.717) is 36.7 Å². The van der Waals surface area contributed by atoms with Gasteiger partial charge in [-0.3, -0.25) is 14.5 Å². The highest BCUT2D eigenvalue weighted by molar-refractivity contribution is 8.04. The highest BCUT2D eigenvalue weighted by Crippen LogP contribution is 2.36. The van der Waals surface area contributed by atoms with E-state index in [1.165, 1.54) is 16.7 Å². The summed E-state index contributed by atoms with van der Waals surface area (Å²) < 4.78 is 11.0. The zero-order valence-electron chi connectivity index (χ0n) is 16.5. The summed E-state index contributed by atoms with van der Waals surface area (Å²) in [5.41, 5.74) is 1.26. The van der Waals surface area contributed by atoms with Gasteiger partial charge in [-0.05, 0) is 43.2 Å². The predicted molar refractivity (Wildman–Crippen MR) is 110 cm³/mol. The summed E-state index contributed by atoms with van der Waals surface area (Å²) in [5.74, 6) is 1.09. The quantitative estimate of drug-likeness (QED) is 0.396. The lowest BCUT2D eigenvalue weighted by atomic mass is 10.1. The first-order valence-electron chi connectivity index (χ1n) is 9.68. The molecule has 0 bridgehead atoms. The van der Waals surface area contributed by atoms with Crippen LogP contribution in [-0.2, 0) is 14.3 Å². The number of imide groups is 1. The molecule has 0 N–H and O–H groups in total. The van der Waals surface area contributed by atoms with Crippen LogP contribution in [-0.4, -0.2) is 48.8 Å². The molecular weight excluding hydrogens is 362 g/mol. The number of hydrogen-bond acceptors (Lipinski definition) is 5. The van der Waals surface area contributed by atoms with Gasteiger partial charge in [0.05, 0.1) is 17.1 Å². The van der Waals surface area contributed by atoms with Crippen LogP contribution in [0.3, 0.4) is 0 Å². The molecular formula is C21H29NO4S. The zero-order chi connectivity index (χ0) is 19.6. The van der Waals surface area contributed by atoms with Crippen LogP contribution >= 0.6 is 11.8 Å². The Labute approximate surface area is 166 Å². The molecule has 1 aromatic carbocycles. The fourth-order valence-corrected chi connectivity index (χ4v) is 3.72. The van der Waals surface area contributed by atoms with Gasteiger partial charge in [-0.1, -0.05) is 32.4 Å². The Hall–Kier alpha value is -1.79. The Balaban J connectivity index is 2.09. The second-order valence-electron chi connectivity index (χ2n) is 6.18. The zero-order valence-corrected chi connectivity index (χ0v) is 17.3. The van der Waals surface area contributed by atoms with Gasteiger partial charge in [0, 0.05) is 19.8 Å². The highest BCUT2D eigenvalue weighted by Gasteiger charge is 2.38. The van der Waals surface area contributed by atoms with Crippen molar-refractivity contribution in [3.05, 3.63) is 34.7 Å². The third kappa shape index (κ3) is 5.59. The lowest BCUT2D eigenvalue weighted by molar-refractivity contribution is -0.136. The maximum atomic E-state index is 12.9. The molecule has 2 rings (SSSR count). The summed E-state index contributed by atoms with van der Waals surface area (Å²) in [5, 5.41) is 0. The molecule has 0 spiro atoms. The molecule has 0 unspecified atom stereocenters. The number of rotatable bonds is 12. The van der Waals surface area contributed by atoms with Gasteiger partial charge < -0.3 is 9.47 Å². The fraction of sp³-hybridized carbons (Fsp3) is 0.524. The number of thioether (sulfide) groups is 1. The number of hydrogen-bond donors (Lipinski definition) is 0. The molecule has 6 heteroatoms. The van der Waals surface area contributed by atoms with Crippen LogP contribution in [0.15, 0.2) is 29.2 Å². The maximum Gasteiger partial charge on any atom is 0.267 e. The average molecular weight is 392 g/mol. The van der Waals surface area contributed by atoms with Crippen molar-refractivity contribution in [3.63, 3.8) is 0 Å². The average Bonchev–Trinajstić information content (AvgIpc) is 2.90. The second kappa shape index (κ2) is 11.1. The number of carbonyl (C=O) groups excluding carboxylic acids is 2. The van der Waals surface area contributed by atoms with E-state index in [2.05, 4.69) is 6.92 Å². The third-order valence-corrected chi connectivity index (χ3v) is 5.14. The first kappa shape index (κ1) is 21.5. The van der Waals surface area contributed by atoms with E-state index in [1.807, 2.05) is 38.1 Å². The van der Waals surface area contributed by atoms with Crippen LogP contribution in [0.4, 0.5) is 0 Å². The third-order valence-electron chi connectivity index (χ3n) is 4.18. The molecule has 27 heavy (non-hydrogen) atoms. The summed E-state index contributed by atoms with van der Waals surface area (Å²) in [6, 6.07) is 7.36. The molecule has 1 aliphatic heterocycles. The lowest BCUT2D eigenvalue weighted by Gasteiger charge is -2.15. The van der Waals surface area contributed by atoms with Crippen molar-refractivity contribution in [2.45, 2.75) is 40.0 Å². The van der Waals surface area contributed by atoms with Crippen LogP contribution in [0.5, 0.6) is 5.75 Å². The SMILES string of the molecule is CCCCOCCCN1C(=O)C(SCC)=C(c2ccc(OCC)cc2)C1=O. The summed E-state index contributed by atoms with van der Waals surface area (Å²) in [6.07, 6.45) is 2.78. The van der Waals surface area contributed by atoms with Crippen LogP contribution in [0.1, 0.15) is 45.6 Å². The van der Waals surface area contributed by atoms with Gasteiger partial charge >= 0.3 is 0 Å². The van der Waals surface area contributed by atoms with E-state index >= 15 is 0 Å². The van der Waals surface area contributed by atoms with Gasteiger partial charge in [-0.15, -0.1) is 11.8 Å². The minimum absolute atomic E-state index is 0.190. The lowest BCUT2D eigenvalue weighted by Crippen LogP contribution is -2.33. The Morgan fingerprint density at radius 2 is 1.67 bits per heavy atom. The summed E-state index contributed by atoms with van der Waals surface area (Å²) in [4.78, 5) is 27.6.